The quantitative estimate of drug-likeness (QED) is 0.926. The summed E-state index contributed by atoms with van der Waals surface area (Å²) < 4.78 is 1.89. The topological polar surface area (TPSA) is 58.4 Å². The summed E-state index contributed by atoms with van der Waals surface area (Å²) in [6.07, 6.45) is 6.72. The first-order valence-electron chi connectivity index (χ1n) is 7.90. The van der Waals surface area contributed by atoms with E-state index in [2.05, 4.69) is 39.1 Å². The largest absolute Gasteiger partial charge is 0.356 e. The molecule has 0 bridgehead atoms. The molecule has 1 N–H and O–H groups in total. The van der Waals surface area contributed by atoms with Crippen LogP contribution in [0.4, 0.5) is 5.82 Å². The highest BCUT2D eigenvalue weighted by molar-refractivity contribution is 5.54. The van der Waals surface area contributed by atoms with Crippen LogP contribution in [0.25, 0.3) is 5.78 Å². The predicted octanol–water partition coefficient (Wildman–Crippen LogP) is 1.46. The molecular weight excluding hydrogens is 264 g/mol. The van der Waals surface area contributed by atoms with E-state index in [1.54, 1.807) is 6.33 Å². The molecule has 1 saturated heterocycles. The number of piperidine rings is 1. The van der Waals surface area contributed by atoms with Crippen molar-refractivity contribution in [3.8, 4) is 0 Å². The van der Waals surface area contributed by atoms with Crippen LogP contribution in [0.15, 0.2) is 6.33 Å². The number of rotatable bonds is 3. The SMILES string of the molecule is Cc1nc2ncnn2c(N2CCC(NC3CC3)CC2)c1C. The van der Waals surface area contributed by atoms with Gasteiger partial charge in [-0.15, -0.1) is 0 Å². The highest BCUT2D eigenvalue weighted by Crippen LogP contribution is 2.27. The van der Waals surface area contributed by atoms with Crippen molar-refractivity contribution < 1.29 is 0 Å². The minimum absolute atomic E-state index is 0.684. The minimum atomic E-state index is 0.684. The van der Waals surface area contributed by atoms with Gasteiger partial charge >= 0.3 is 0 Å². The Hall–Kier alpha value is -1.69. The molecule has 2 fully saturated rings. The molecular formula is C15H22N6. The second-order valence-electron chi connectivity index (χ2n) is 6.32. The molecule has 21 heavy (non-hydrogen) atoms. The van der Waals surface area contributed by atoms with Crippen LogP contribution in [0.2, 0.25) is 0 Å². The summed E-state index contributed by atoms with van der Waals surface area (Å²) in [6, 6.07) is 1.48. The third-order valence-electron chi connectivity index (χ3n) is 4.72. The molecule has 2 aromatic rings. The summed E-state index contributed by atoms with van der Waals surface area (Å²) in [5, 5.41) is 8.11. The fraction of sp³-hybridized carbons (Fsp3) is 0.667. The van der Waals surface area contributed by atoms with Gasteiger partial charge in [0.1, 0.15) is 12.1 Å². The van der Waals surface area contributed by atoms with Gasteiger partial charge in [-0.3, -0.25) is 0 Å². The number of nitrogens with one attached hydrogen (secondary N) is 1. The average molecular weight is 286 g/mol. The molecule has 0 unspecified atom stereocenters. The second-order valence-corrected chi connectivity index (χ2v) is 6.32. The Labute approximate surface area is 124 Å². The summed E-state index contributed by atoms with van der Waals surface area (Å²) in [7, 11) is 0. The maximum Gasteiger partial charge on any atom is 0.254 e. The molecule has 4 rings (SSSR count). The molecule has 1 aliphatic heterocycles. The second kappa shape index (κ2) is 4.94. The van der Waals surface area contributed by atoms with Gasteiger partial charge in [-0.1, -0.05) is 0 Å². The molecule has 112 valence electrons. The molecule has 2 aliphatic rings. The predicted molar refractivity (Wildman–Crippen MR) is 81.6 cm³/mol. The van der Waals surface area contributed by atoms with Crippen molar-refractivity contribution in [2.75, 3.05) is 18.0 Å². The van der Waals surface area contributed by atoms with E-state index in [-0.39, 0.29) is 0 Å². The zero-order valence-electron chi connectivity index (χ0n) is 12.7. The molecule has 0 atom stereocenters. The Kier molecular flexibility index (Phi) is 3.06. The first-order chi connectivity index (χ1) is 10.2. The van der Waals surface area contributed by atoms with Crippen molar-refractivity contribution in [1.29, 1.82) is 0 Å². The van der Waals surface area contributed by atoms with E-state index in [9.17, 15) is 0 Å². The molecule has 0 aromatic carbocycles. The van der Waals surface area contributed by atoms with Crippen LogP contribution in [0.3, 0.4) is 0 Å². The van der Waals surface area contributed by atoms with Gasteiger partial charge in [-0.2, -0.15) is 14.6 Å². The van der Waals surface area contributed by atoms with Gasteiger partial charge in [0.25, 0.3) is 5.78 Å². The number of fused-ring (bicyclic) bond motifs is 1. The molecule has 1 saturated carbocycles. The summed E-state index contributed by atoms with van der Waals surface area (Å²) >= 11 is 0. The van der Waals surface area contributed by atoms with Crippen LogP contribution < -0.4 is 10.2 Å². The Morgan fingerprint density at radius 2 is 1.81 bits per heavy atom. The monoisotopic (exact) mass is 286 g/mol. The lowest BCUT2D eigenvalue weighted by Gasteiger charge is -2.34. The normalized spacial score (nSPS) is 20.4. The van der Waals surface area contributed by atoms with Crippen LogP contribution in [-0.4, -0.2) is 44.8 Å². The number of anilines is 1. The molecule has 0 radical (unpaired) electrons. The van der Waals surface area contributed by atoms with E-state index in [0.29, 0.717) is 11.8 Å². The lowest BCUT2D eigenvalue weighted by molar-refractivity contribution is 0.410. The van der Waals surface area contributed by atoms with E-state index < -0.39 is 0 Å². The maximum atomic E-state index is 4.50. The van der Waals surface area contributed by atoms with Crippen LogP contribution in [0, 0.1) is 13.8 Å². The number of nitrogens with zero attached hydrogens (tertiary/aromatic N) is 5. The Bertz CT molecular complexity index is 651. The number of hydrogen-bond donors (Lipinski definition) is 1. The van der Waals surface area contributed by atoms with Crippen LogP contribution in [0.5, 0.6) is 0 Å². The fourth-order valence-corrected chi connectivity index (χ4v) is 3.23. The van der Waals surface area contributed by atoms with Crippen LogP contribution >= 0.6 is 0 Å². The zero-order chi connectivity index (χ0) is 14.4. The van der Waals surface area contributed by atoms with Gasteiger partial charge in [-0.25, -0.2) is 4.98 Å². The Morgan fingerprint density at radius 1 is 1.10 bits per heavy atom. The fourth-order valence-electron chi connectivity index (χ4n) is 3.23. The van der Waals surface area contributed by atoms with Gasteiger partial charge < -0.3 is 10.2 Å². The number of aromatic nitrogens is 4. The smallest absolute Gasteiger partial charge is 0.254 e. The average Bonchev–Trinajstić information content (AvgIpc) is 3.18. The van der Waals surface area contributed by atoms with Crippen molar-refractivity contribution in [2.24, 2.45) is 0 Å². The van der Waals surface area contributed by atoms with Gasteiger partial charge in [0, 0.05) is 36.4 Å². The molecule has 6 nitrogen and oxygen atoms in total. The van der Waals surface area contributed by atoms with E-state index in [0.717, 1.165) is 24.8 Å². The number of hydrogen-bond acceptors (Lipinski definition) is 5. The Balaban J connectivity index is 1.58. The standard InChI is InChI=1S/C15H22N6/c1-10-11(2)18-15-16-9-17-21(15)14(10)20-7-5-13(6-8-20)19-12-3-4-12/h9,12-13,19H,3-8H2,1-2H3. The van der Waals surface area contributed by atoms with Crippen molar-refractivity contribution in [2.45, 2.75) is 51.6 Å². The lowest BCUT2D eigenvalue weighted by atomic mass is 10.0. The van der Waals surface area contributed by atoms with Gasteiger partial charge in [0.15, 0.2) is 0 Å². The zero-order valence-corrected chi connectivity index (χ0v) is 12.7. The third-order valence-corrected chi connectivity index (χ3v) is 4.72. The van der Waals surface area contributed by atoms with Gasteiger partial charge in [0.05, 0.1) is 0 Å². The minimum Gasteiger partial charge on any atom is -0.356 e. The highest BCUT2D eigenvalue weighted by Gasteiger charge is 2.28. The summed E-state index contributed by atoms with van der Waals surface area (Å²) in [5.74, 6) is 1.87. The van der Waals surface area contributed by atoms with Gasteiger partial charge in [-0.05, 0) is 39.5 Å². The molecule has 3 heterocycles. The molecule has 2 aromatic heterocycles. The van der Waals surface area contributed by atoms with E-state index in [4.69, 9.17) is 0 Å². The van der Waals surface area contributed by atoms with Crippen molar-refractivity contribution in [3.05, 3.63) is 17.6 Å². The molecule has 0 spiro atoms. The van der Waals surface area contributed by atoms with Crippen LogP contribution in [0.1, 0.15) is 36.9 Å². The molecule has 0 amide bonds. The number of aryl methyl sites for hydroxylation is 1. The van der Waals surface area contributed by atoms with Crippen molar-refractivity contribution in [1.82, 2.24) is 24.9 Å². The Morgan fingerprint density at radius 3 is 2.52 bits per heavy atom. The highest BCUT2D eigenvalue weighted by atomic mass is 15.4. The third kappa shape index (κ3) is 2.37. The summed E-state index contributed by atoms with van der Waals surface area (Å²) in [4.78, 5) is 11.2. The first kappa shape index (κ1) is 13.0. The molecule has 6 heteroatoms. The van der Waals surface area contributed by atoms with Crippen LogP contribution in [-0.2, 0) is 0 Å². The van der Waals surface area contributed by atoms with E-state index in [1.165, 1.54) is 37.1 Å². The van der Waals surface area contributed by atoms with Crippen molar-refractivity contribution in [3.63, 3.8) is 0 Å². The molecule has 1 aliphatic carbocycles. The lowest BCUT2D eigenvalue weighted by Crippen LogP contribution is -2.44. The van der Waals surface area contributed by atoms with Gasteiger partial charge in [0.2, 0.25) is 0 Å². The first-order valence-corrected chi connectivity index (χ1v) is 7.90. The van der Waals surface area contributed by atoms with E-state index >= 15 is 0 Å². The summed E-state index contributed by atoms with van der Waals surface area (Å²) in [5.41, 5.74) is 2.25. The summed E-state index contributed by atoms with van der Waals surface area (Å²) in [6.45, 7) is 6.33. The van der Waals surface area contributed by atoms with Crippen molar-refractivity contribution >= 4 is 11.6 Å². The maximum absolute atomic E-state index is 4.50. The van der Waals surface area contributed by atoms with E-state index in [1.807, 2.05) is 4.52 Å².